The molecule has 17 heavy (non-hydrogen) atoms. The summed E-state index contributed by atoms with van der Waals surface area (Å²) >= 11 is 1.26. The highest BCUT2D eigenvalue weighted by atomic mass is 32.2. The Bertz CT molecular complexity index is 493. The monoisotopic (exact) mass is 255 g/mol. The van der Waals surface area contributed by atoms with Crippen LogP contribution in [-0.2, 0) is 0 Å². The summed E-state index contributed by atoms with van der Waals surface area (Å²) in [5, 5.41) is 21.4. The zero-order valence-electron chi connectivity index (χ0n) is 8.90. The van der Waals surface area contributed by atoms with E-state index in [0.717, 1.165) is 12.6 Å². The highest BCUT2D eigenvalue weighted by Crippen LogP contribution is 2.39. The van der Waals surface area contributed by atoms with Crippen molar-refractivity contribution in [1.29, 1.82) is 0 Å². The second-order valence-electron chi connectivity index (χ2n) is 3.71. The predicted molar refractivity (Wildman–Crippen MR) is 61.8 cm³/mol. The maximum atomic E-state index is 10.8. The van der Waals surface area contributed by atoms with Crippen molar-refractivity contribution in [2.24, 2.45) is 0 Å². The number of hydrogen-bond donors (Lipinski definition) is 0. The molecular weight excluding hydrogens is 246 g/mol. The summed E-state index contributed by atoms with van der Waals surface area (Å²) < 4.78 is 1.97. The van der Waals surface area contributed by atoms with Crippen LogP contribution in [0, 0.1) is 20.2 Å². The summed E-state index contributed by atoms with van der Waals surface area (Å²) in [4.78, 5) is 20.6. The van der Waals surface area contributed by atoms with E-state index in [4.69, 9.17) is 0 Å². The van der Waals surface area contributed by atoms with Crippen molar-refractivity contribution < 1.29 is 9.85 Å². The van der Waals surface area contributed by atoms with Crippen molar-refractivity contribution in [3.8, 4) is 0 Å². The highest BCUT2D eigenvalue weighted by molar-refractivity contribution is 7.97. The van der Waals surface area contributed by atoms with Gasteiger partial charge in [-0.1, -0.05) is 0 Å². The quantitative estimate of drug-likeness (QED) is 0.354. The van der Waals surface area contributed by atoms with Crippen LogP contribution in [0.5, 0.6) is 0 Å². The van der Waals surface area contributed by atoms with Crippen LogP contribution in [0.1, 0.15) is 6.92 Å². The van der Waals surface area contributed by atoms with E-state index < -0.39 is 9.85 Å². The first-order valence-corrected chi connectivity index (χ1v) is 5.64. The van der Waals surface area contributed by atoms with Crippen LogP contribution < -0.4 is 0 Å². The van der Waals surface area contributed by atoms with Crippen molar-refractivity contribution in [3.05, 3.63) is 38.4 Å². The van der Waals surface area contributed by atoms with Crippen molar-refractivity contribution in [3.63, 3.8) is 0 Å². The third kappa shape index (κ3) is 2.53. The average molecular weight is 255 g/mol. The minimum atomic E-state index is -0.637. The first-order chi connectivity index (χ1) is 7.99. The normalized spacial score (nSPS) is 22.2. The molecule has 2 atom stereocenters. The summed E-state index contributed by atoms with van der Waals surface area (Å²) in [6, 6.07) is 4.10. The van der Waals surface area contributed by atoms with Gasteiger partial charge in [-0.15, -0.1) is 0 Å². The number of rotatable bonds is 4. The average Bonchev–Trinajstić information content (AvgIpc) is 2.94. The number of nitrogens with zero attached hydrogens (tertiary/aromatic N) is 3. The molecule has 1 saturated heterocycles. The van der Waals surface area contributed by atoms with Gasteiger partial charge in [-0.2, -0.15) is 0 Å². The van der Waals surface area contributed by atoms with Crippen LogP contribution >= 0.6 is 11.9 Å². The fraction of sp³-hybridized carbons (Fsp3) is 0.333. The molecule has 1 aromatic rings. The molecule has 8 heteroatoms. The Morgan fingerprint density at radius 2 is 2.00 bits per heavy atom. The zero-order valence-corrected chi connectivity index (χ0v) is 9.72. The SMILES string of the molecule is CC1CN1Sc1ccc([N+](=O)[O-])cc1[N+](=O)[O-]. The van der Waals surface area contributed by atoms with E-state index in [1.54, 1.807) is 0 Å². The van der Waals surface area contributed by atoms with Crippen molar-refractivity contribution in [2.45, 2.75) is 17.9 Å². The molecule has 0 amide bonds. The maximum Gasteiger partial charge on any atom is 0.291 e. The number of nitro benzene ring substituents is 2. The lowest BCUT2D eigenvalue weighted by atomic mass is 10.3. The Morgan fingerprint density at radius 3 is 2.47 bits per heavy atom. The Labute approximate surface area is 101 Å². The molecule has 0 saturated carbocycles. The topological polar surface area (TPSA) is 89.3 Å². The van der Waals surface area contributed by atoms with Crippen LogP contribution in [0.4, 0.5) is 11.4 Å². The van der Waals surface area contributed by atoms with E-state index in [-0.39, 0.29) is 11.4 Å². The number of non-ortho nitro benzene ring substituents is 1. The molecule has 7 nitrogen and oxygen atoms in total. The summed E-state index contributed by atoms with van der Waals surface area (Å²) in [6.07, 6.45) is 0. The second kappa shape index (κ2) is 4.30. The third-order valence-electron chi connectivity index (χ3n) is 2.37. The predicted octanol–water partition coefficient (Wildman–Crippen LogP) is 2.21. The number of hydrogen-bond acceptors (Lipinski definition) is 6. The van der Waals surface area contributed by atoms with Crippen LogP contribution in [0.3, 0.4) is 0 Å². The summed E-state index contributed by atoms with van der Waals surface area (Å²) in [5.74, 6) is 0. The van der Waals surface area contributed by atoms with E-state index >= 15 is 0 Å². The van der Waals surface area contributed by atoms with Crippen LogP contribution in [0.2, 0.25) is 0 Å². The van der Waals surface area contributed by atoms with E-state index in [0.29, 0.717) is 10.9 Å². The van der Waals surface area contributed by atoms with E-state index in [1.165, 1.54) is 24.1 Å². The maximum absolute atomic E-state index is 10.8. The Hall–Kier alpha value is -1.67. The molecule has 2 unspecified atom stereocenters. The standard InChI is InChI=1S/C9H9N3O4S/c1-6-5-10(6)17-9-3-2-7(11(13)14)4-8(9)12(15)16/h2-4,6H,5H2,1H3. The smallest absolute Gasteiger partial charge is 0.258 e. The lowest BCUT2D eigenvalue weighted by Crippen LogP contribution is -1.96. The zero-order chi connectivity index (χ0) is 12.6. The number of nitro groups is 2. The Kier molecular flexibility index (Phi) is 2.99. The summed E-state index contributed by atoms with van der Waals surface area (Å²) in [6.45, 7) is 2.88. The first kappa shape index (κ1) is 11.8. The molecule has 1 aromatic carbocycles. The lowest BCUT2D eigenvalue weighted by Gasteiger charge is -2.02. The van der Waals surface area contributed by atoms with Crippen LogP contribution in [-0.4, -0.2) is 26.7 Å². The van der Waals surface area contributed by atoms with Crippen LogP contribution in [0.25, 0.3) is 0 Å². The van der Waals surface area contributed by atoms with Crippen molar-refractivity contribution in [2.75, 3.05) is 6.54 Å². The molecule has 0 N–H and O–H groups in total. The fourth-order valence-electron chi connectivity index (χ4n) is 1.31. The Balaban J connectivity index is 2.31. The van der Waals surface area contributed by atoms with Gasteiger partial charge < -0.3 is 0 Å². The molecule has 1 fully saturated rings. The molecular formula is C9H9N3O4S. The Morgan fingerprint density at radius 1 is 1.35 bits per heavy atom. The molecule has 0 aromatic heterocycles. The van der Waals surface area contributed by atoms with E-state index in [1.807, 2.05) is 11.2 Å². The van der Waals surface area contributed by atoms with E-state index in [2.05, 4.69) is 0 Å². The molecule has 90 valence electrons. The van der Waals surface area contributed by atoms with Crippen molar-refractivity contribution >= 4 is 23.3 Å². The van der Waals surface area contributed by atoms with Gasteiger partial charge in [-0.25, -0.2) is 4.31 Å². The summed E-state index contributed by atoms with van der Waals surface area (Å²) in [5.41, 5.74) is -0.483. The van der Waals surface area contributed by atoms with Gasteiger partial charge in [0, 0.05) is 18.7 Å². The lowest BCUT2D eigenvalue weighted by molar-refractivity contribution is -0.396. The van der Waals surface area contributed by atoms with Gasteiger partial charge in [-0.3, -0.25) is 20.2 Å². The fourth-order valence-corrected chi connectivity index (χ4v) is 2.38. The van der Waals surface area contributed by atoms with Gasteiger partial charge in [0.15, 0.2) is 0 Å². The third-order valence-corrected chi connectivity index (χ3v) is 3.65. The molecule has 1 aliphatic rings. The van der Waals surface area contributed by atoms with Gasteiger partial charge in [0.25, 0.3) is 11.4 Å². The molecule has 0 aliphatic carbocycles. The second-order valence-corrected chi connectivity index (χ2v) is 4.80. The molecule has 0 bridgehead atoms. The molecule has 1 aliphatic heterocycles. The minimum absolute atomic E-state index is 0.219. The molecule has 0 radical (unpaired) electrons. The van der Waals surface area contributed by atoms with Crippen LogP contribution in [0.15, 0.2) is 23.1 Å². The highest BCUT2D eigenvalue weighted by Gasteiger charge is 2.32. The van der Waals surface area contributed by atoms with E-state index in [9.17, 15) is 20.2 Å². The van der Waals surface area contributed by atoms with Gasteiger partial charge >= 0.3 is 0 Å². The van der Waals surface area contributed by atoms with Gasteiger partial charge in [0.2, 0.25) is 0 Å². The van der Waals surface area contributed by atoms with Gasteiger partial charge in [-0.05, 0) is 24.9 Å². The summed E-state index contributed by atoms with van der Waals surface area (Å²) in [7, 11) is 0. The largest absolute Gasteiger partial charge is 0.291 e. The van der Waals surface area contributed by atoms with Gasteiger partial charge in [0.05, 0.1) is 15.9 Å². The molecule has 0 spiro atoms. The first-order valence-electron chi connectivity index (χ1n) is 4.86. The van der Waals surface area contributed by atoms with Gasteiger partial charge in [0.1, 0.15) is 4.90 Å². The molecule has 1 heterocycles. The number of benzene rings is 1. The van der Waals surface area contributed by atoms with Crippen molar-refractivity contribution in [1.82, 2.24) is 4.31 Å². The molecule has 2 rings (SSSR count). The minimum Gasteiger partial charge on any atom is -0.258 e.